The van der Waals surface area contributed by atoms with Crippen LogP contribution in [0.15, 0.2) is 17.0 Å². The summed E-state index contributed by atoms with van der Waals surface area (Å²) in [5.41, 5.74) is 2.03. The molecule has 0 radical (unpaired) electrons. The molecule has 1 aliphatic rings. The third-order valence-corrected chi connectivity index (χ3v) is 4.99. The lowest BCUT2D eigenvalue weighted by Gasteiger charge is -2.22. The summed E-state index contributed by atoms with van der Waals surface area (Å²) in [4.78, 5) is 14.5. The summed E-state index contributed by atoms with van der Waals surface area (Å²) in [5.74, 6) is -0.0944. The van der Waals surface area contributed by atoms with Crippen LogP contribution < -0.4 is 5.14 Å². The minimum atomic E-state index is -3.81. The Hall–Kier alpha value is -1.40. The fourth-order valence-corrected chi connectivity index (χ4v) is 3.28. The van der Waals surface area contributed by atoms with Gasteiger partial charge < -0.3 is 4.90 Å². The van der Waals surface area contributed by atoms with Crippen molar-refractivity contribution in [2.75, 3.05) is 13.1 Å². The standard InChI is InChI=1S/C15H22N2O3S/c1-11-9-13(21(16,19)20)10-14(12(11)2)15(18)17-7-5-3-4-6-8-17/h9-10H,3-8H2,1-2H3,(H2,16,19,20). The number of amides is 1. The molecule has 1 aromatic carbocycles. The summed E-state index contributed by atoms with van der Waals surface area (Å²) < 4.78 is 23.1. The minimum Gasteiger partial charge on any atom is -0.339 e. The normalized spacial score (nSPS) is 16.6. The second kappa shape index (κ2) is 6.15. The molecule has 0 saturated carbocycles. The molecule has 0 unspecified atom stereocenters. The Morgan fingerprint density at radius 2 is 1.67 bits per heavy atom. The number of nitrogens with two attached hydrogens (primary N) is 1. The number of likely N-dealkylation sites (tertiary alicyclic amines) is 1. The summed E-state index contributed by atoms with van der Waals surface area (Å²) in [7, 11) is -3.81. The lowest BCUT2D eigenvalue weighted by molar-refractivity contribution is 0.0760. The molecule has 0 spiro atoms. The predicted octanol–water partition coefficient (Wildman–Crippen LogP) is 1.97. The Morgan fingerprint density at radius 3 is 2.19 bits per heavy atom. The summed E-state index contributed by atoms with van der Waals surface area (Å²) in [6, 6.07) is 2.93. The van der Waals surface area contributed by atoms with Gasteiger partial charge in [-0.15, -0.1) is 0 Å². The van der Waals surface area contributed by atoms with Gasteiger partial charge in [0.05, 0.1) is 4.90 Å². The van der Waals surface area contributed by atoms with Gasteiger partial charge in [0.25, 0.3) is 5.91 Å². The molecule has 116 valence electrons. The number of rotatable bonds is 2. The lowest BCUT2D eigenvalue weighted by atomic mass is 10.0. The third-order valence-electron chi connectivity index (χ3n) is 4.09. The monoisotopic (exact) mass is 310 g/mol. The largest absolute Gasteiger partial charge is 0.339 e. The van der Waals surface area contributed by atoms with Crippen LogP contribution in [0.1, 0.15) is 47.2 Å². The van der Waals surface area contributed by atoms with E-state index in [-0.39, 0.29) is 10.8 Å². The SMILES string of the molecule is Cc1cc(S(N)(=O)=O)cc(C(=O)N2CCCCCC2)c1C. The number of hydrogen-bond donors (Lipinski definition) is 1. The Morgan fingerprint density at radius 1 is 1.10 bits per heavy atom. The number of aryl methyl sites for hydroxylation is 1. The van der Waals surface area contributed by atoms with Crippen LogP contribution in [-0.4, -0.2) is 32.3 Å². The zero-order valence-electron chi connectivity index (χ0n) is 12.6. The molecule has 1 saturated heterocycles. The van der Waals surface area contributed by atoms with E-state index in [1.807, 2.05) is 11.8 Å². The van der Waals surface area contributed by atoms with Crippen molar-refractivity contribution in [1.29, 1.82) is 0 Å². The van der Waals surface area contributed by atoms with Gasteiger partial charge in [0, 0.05) is 18.7 Å². The van der Waals surface area contributed by atoms with Crippen molar-refractivity contribution in [3.05, 3.63) is 28.8 Å². The van der Waals surface area contributed by atoms with Crippen LogP contribution in [0.2, 0.25) is 0 Å². The number of benzene rings is 1. The zero-order chi connectivity index (χ0) is 15.6. The number of hydrogen-bond acceptors (Lipinski definition) is 3. The molecule has 2 N–H and O–H groups in total. The average molecular weight is 310 g/mol. The van der Waals surface area contributed by atoms with Gasteiger partial charge in [0.15, 0.2) is 0 Å². The van der Waals surface area contributed by atoms with E-state index in [0.29, 0.717) is 5.56 Å². The first-order chi connectivity index (χ1) is 9.80. The lowest BCUT2D eigenvalue weighted by Crippen LogP contribution is -2.32. The predicted molar refractivity (Wildman–Crippen MR) is 81.7 cm³/mol. The molecule has 0 aliphatic carbocycles. The summed E-state index contributed by atoms with van der Waals surface area (Å²) in [5, 5.41) is 5.20. The molecule has 0 atom stereocenters. The highest BCUT2D eigenvalue weighted by Crippen LogP contribution is 2.22. The molecule has 5 nitrogen and oxygen atoms in total. The van der Waals surface area contributed by atoms with E-state index >= 15 is 0 Å². The highest BCUT2D eigenvalue weighted by Gasteiger charge is 2.22. The fourth-order valence-electron chi connectivity index (χ4n) is 2.66. The second-order valence-electron chi connectivity index (χ2n) is 5.66. The van der Waals surface area contributed by atoms with E-state index < -0.39 is 10.0 Å². The minimum absolute atomic E-state index is 0.00349. The van der Waals surface area contributed by atoms with Crippen LogP contribution in [0.25, 0.3) is 0 Å². The number of primary sulfonamides is 1. The molecule has 21 heavy (non-hydrogen) atoms. The molecule has 1 aliphatic heterocycles. The van der Waals surface area contributed by atoms with Gasteiger partial charge in [-0.2, -0.15) is 0 Å². The van der Waals surface area contributed by atoms with Crippen LogP contribution in [0.3, 0.4) is 0 Å². The highest BCUT2D eigenvalue weighted by molar-refractivity contribution is 7.89. The molecule has 1 amide bonds. The van der Waals surface area contributed by atoms with Crippen molar-refractivity contribution in [2.45, 2.75) is 44.4 Å². The Bertz CT molecular complexity index is 645. The Labute approximate surface area is 126 Å². The summed E-state index contributed by atoms with van der Waals surface area (Å²) in [6.07, 6.45) is 4.27. The van der Waals surface area contributed by atoms with Gasteiger partial charge in [-0.25, -0.2) is 13.6 Å². The van der Waals surface area contributed by atoms with Gasteiger partial charge in [0.1, 0.15) is 0 Å². The van der Waals surface area contributed by atoms with Crippen molar-refractivity contribution in [1.82, 2.24) is 4.90 Å². The Balaban J connectivity index is 2.42. The average Bonchev–Trinajstić information content (AvgIpc) is 2.68. The van der Waals surface area contributed by atoms with E-state index in [1.165, 1.54) is 12.1 Å². The van der Waals surface area contributed by atoms with Gasteiger partial charge in [-0.1, -0.05) is 12.8 Å². The number of sulfonamides is 1. The molecular weight excluding hydrogens is 288 g/mol. The van der Waals surface area contributed by atoms with Crippen molar-refractivity contribution < 1.29 is 13.2 Å². The van der Waals surface area contributed by atoms with Crippen molar-refractivity contribution >= 4 is 15.9 Å². The maximum Gasteiger partial charge on any atom is 0.254 e. The van der Waals surface area contributed by atoms with Crippen LogP contribution in [-0.2, 0) is 10.0 Å². The first-order valence-electron chi connectivity index (χ1n) is 7.24. The van der Waals surface area contributed by atoms with Gasteiger partial charge >= 0.3 is 0 Å². The third kappa shape index (κ3) is 3.63. The smallest absolute Gasteiger partial charge is 0.254 e. The summed E-state index contributed by atoms with van der Waals surface area (Å²) in [6.45, 7) is 5.10. The van der Waals surface area contributed by atoms with E-state index in [1.54, 1.807) is 6.92 Å². The Kier molecular flexibility index (Phi) is 4.68. The molecular formula is C15H22N2O3S. The first kappa shape index (κ1) is 16.0. The van der Waals surface area contributed by atoms with Crippen molar-refractivity contribution in [2.24, 2.45) is 5.14 Å². The van der Waals surface area contributed by atoms with Crippen LogP contribution in [0.4, 0.5) is 0 Å². The van der Waals surface area contributed by atoms with Crippen molar-refractivity contribution in [3.63, 3.8) is 0 Å². The molecule has 1 aromatic rings. The number of carbonyl (C=O) groups excluding carboxylic acids is 1. The second-order valence-corrected chi connectivity index (χ2v) is 7.23. The number of nitrogens with zero attached hydrogens (tertiary/aromatic N) is 1. The van der Waals surface area contributed by atoms with E-state index in [9.17, 15) is 13.2 Å². The van der Waals surface area contributed by atoms with Gasteiger partial charge in [0.2, 0.25) is 10.0 Å². The quantitative estimate of drug-likeness (QED) is 0.906. The topological polar surface area (TPSA) is 80.5 Å². The van der Waals surface area contributed by atoms with E-state index in [2.05, 4.69) is 0 Å². The zero-order valence-corrected chi connectivity index (χ0v) is 13.4. The molecule has 6 heteroatoms. The highest BCUT2D eigenvalue weighted by atomic mass is 32.2. The molecule has 2 rings (SSSR count). The van der Waals surface area contributed by atoms with E-state index in [4.69, 9.17) is 5.14 Å². The van der Waals surface area contributed by atoms with Crippen molar-refractivity contribution in [3.8, 4) is 0 Å². The van der Waals surface area contributed by atoms with Gasteiger partial charge in [-0.05, 0) is 49.9 Å². The maximum atomic E-state index is 12.7. The summed E-state index contributed by atoms with van der Waals surface area (Å²) >= 11 is 0. The molecule has 1 heterocycles. The number of carbonyl (C=O) groups is 1. The van der Waals surface area contributed by atoms with Crippen LogP contribution >= 0.6 is 0 Å². The maximum absolute atomic E-state index is 12.7. The molecule has 0 bridgehead atoms. The van der Waals surface area contributed by atoms with Crippen LogP contribution in [0.5, 0.6) is 0 Å². The fraction of sp³-hybridized carbons (Fsp3) is 0.533. The first-order valence-corrected chi connectivity index (χ1v) is 8.78. The molecule has 0 aromatic heterocycles. The van der Waals surface area contributed by atoms with E-state index in [0.717, 1.165) is 49.9 Å². The van der Waals surface area contributed by atoms with Gasteiger partial charge in [-0.3, -0.25) is 4.79 Å². The molecule has 1 fully saturated rings. The van der Waals surface area contributed by atoms with Crippen LogP contribution in [0, 0.1) is 13.8 Å².